The first kappa shape index (κ1) is 13.9. The van der Waals surface area contributed by atoms with E-state index in [2.05, 4.69) is 12.2 Å². The molecule has 3 heteroatoms. The van der Waals surface area contributed by atoms with Gasteiger partial charge in [0.15, 0.2) is 0 Å². The van der Waals surface area contributed by atoms with Gasteiger partial charge in [0.25, 0.3) is 0 Å². The monoisotopic (exact) mass is 203 g/mol. The minimum atomic E-state index is 0.0886. The minimum absolute atomic E-state index is 0.0886. The van der Waals surface area contributed by atoms with E-state index in [0.29, 0.717) is 6.61 Å². The van der Waals surface area contributed by atoms with Crippen LogP contribution >= 0.6 is 0 Å². The lowest BCUT2D eigenvalue weighted by Gasteiger charge is -2.12. The number of unbranched alkanes of at least 4 members (excludes halogenated alkanes) is 4. The maximum Gasteiger partial charge on any atom is 0.0641 e. The fraction of sp³-hybridized carbons (Fsp3) is 1.00. The van der Waals surface area contributed by atoms with Crippen LogP contribution in [0.4, 0.5) is 0 Å². The zero-order valence-electron chi connectivity index (χ0n) is 9.59. The van der Waals surface area contributed by atoms with Crippen molar-refractivity contribution in [1.29, 1.82) is 0 Å². The highest BCUT2D eigenvalue weighted by Gasteiger charge is 2.02. The van der Waals surface area contributed by atoms with Gasteiger partial charge in [-0.05, 0) is 13.5 Å². The first-order chi connectivity index (χ1) is 6.85. The molecule has 2 N–H and O–H groups in total. The second-order valence-electron chi connectivity index (χ2n) is 3.66. The molecule has 14 heavy (non-hydrogen) atoms. The molecule has 0 aliphatic rings. The lowest BCUT2D eigenvalue weighted by Crippen LogP contribution is -2.33. The number of aliphatic hydroxyl groups excluding tert-OH is 1. The van der Waals surface area contributed by atoms with E-state index < -0.39 is 0 Å². The summed E-state index contributed by atoms with van der Waals surface area (Å²) >= 11 is 0. The van der Waals surface area contributed by atoms with Crippen LogP contribution in [0.25, 0.3) is 0 Å². The summed E-state index contributed by atoms with van der Waals surface area (Å²) in [5.74, 6) is 0. The Morgan fingerprint density at radius 1 is 1.21 bits per heavy atom. The summed E-state index contributed by atoms with van der Waals surface area (Å²) in [6, 6.07) is 0.0886. The number of aliphatic hydroxyl groups is 1. The van der Waals surface area contributed by atoms with Gasteiger partial charge in [-0.3, -0.25) is 0 Å². The number of hydrogen-bond acceptors (Lipinski definition) is 3. The van der Waals surface area contributed by atoms with Crippen molar-refractivity contribution in [1.82, 2.24) is 5.32 Å². The summed E-state index contributed by atoms with van der Waals surface area (Å²) < 4.78 is 5.44. The van der Waals surface area contributed by atoms with Crippen molar-refractivity contribution in [3.8, 4) is 0 Å². The zero-order chi connectivity index (χ0) is 10.6. The fourth-order valence-corrected chi connectivity index (χ4v) is 1.26. The number of nitrogens with one attached hydrogen (secondary N) is 1. The van der Waals surface area contributed by atoms with Crippen molar-refractivity contribution in [3.05, 3.63) is 0 Å². The molecule has 0 amide bonds. The fourth-order valence-electron chi connectivity index (χ4n) is 1.26. The van der Waals surface area contributed by atoms with Crippen molar-refractivity contribution in [3.63, 3.8) is 0 Å². The van der Waals surface area contributed by atoms with Gasteiger partial charge < -0.3 is 15.2 Å². The molecule has 1 unspecified atom stereocenters. The smallest absolute Gasteiger partial charge is 0.0641 e. The highest BCUT2D eigenvalue weighted by Crippen LogP contribution is 2.02. The topological polar surface area (TPSA) is 41.5 Å². The number of hydrogen-bond donors (Lipinski definition) is 2. The van der Waals surface area contributed by atoms with E-state index in [1.807, 2.05) is 7.05 Å². The van der Waals surface area contributed by atoms with Gasteiger partial charge in [-0.25, -0.2) is 0 Å². The van der Waals surface area contributed by atoms with Crippen LogP contribution in [0.5, 0.6) is 0 Å². The Hall–Kier alpha value is -0.120. The van der Waals surface area contributed by atoms with E-state index in [1.54, 1.807) is 0 Å². The van der Waals surface area contributed by atoms with Crippen LogP contribution in [0, 0.1) is 0 Å². The molecule has 0 heterocycles. The second-order valence-corrected chi connectivity index (χ2v) is 3.66. The molecule has 0 spiro atoms. The zero-order valence-corrected chi connectivity index (χ0v) is 9.59. The van der Waals surface area contributed by atoms with Crippen molar-refractivity contribution in [2.45, 2.75) is 45.1 Å². The van der Waals surface area contributed by atoms with Gasteiger partial charge in [0.2, 0.25) is 0 Å². The molecule has 0 aliphatic carbocycles. The van der Waals surface area contributed by atoms with Crippen LogP contribution in [-0.2, 0) is 4.74 Å². The Morgan fingerprint density at radius 2 is 1.93 bits per heavy atom. The van der Waals surface area contributed by atoms with E-state index in [4.69, 9.17) is 9.84 Å². The molecule has 0 rings (SSSR count). The van der Waals surface area contributed by atoms with E-state index in [9.17, 15) is 0 Å². The van der Waals surface area contributed by atoms with Crippen LogP contribution in [0.3, 0.4) is 0 Å². The minimum Gasteiger partial charge on any atom is -0.395 e. The Morgan fingerprint density at radius 3 is 2.50 bits per heavy atom. The second kappa shape index (κ2) is 11.0. The Balaban J connectivity index is 3.04. The Bertz CT molecular complexity index is 105. The van der Waals surface area contributed by atoms with E-state index >= 15 is 0 Å². The molecule has 86 valence electrons. The van der Waals surface area contributed by atoms with Gasteiger partial charge in [0.05, 0.1) is 19.3 Å². The third-order valence-electron chi connectivity index (χ3n) is 2.34. The summed E-state index contributed by atoms with van der Waals surface area (Å²) in [4.78, 5) is 0. The molecule has 0 saturated heterocycles. The van der Waals surface area contributed by atoms with Crippen molar-refractivity contribution in [2.75, 3.05) is 26.9 Å². The van der Waals surface area contributed by atoms with E-state index in [-0.39, 0.29) is 12.6 Å². The predicted octanol–water partition coefficient (Wildman–Crippen LogP) is 1.55. The molecule has 0 fully saturated rings. The Labute approximate surface area is 87.8 Å². The Kier molecular flexibility index (Phi) is 10.9. The molecule has 0 aromatic carbocycles. The van der Waals surface area contributed by atoms with Gasteiger partial charge in [-0.2, -0.15) is 0 Å². The third-order valence-corrected chi connectivity index (χ3v) is 2.34. The molecule has 0 aromatic rings. The van der Waals surface area contributed by atoms with Crippen LogP contribution < -0.4 is 5.32 Å². The van der Waals surface area contributed by atoms with Crippen LogP contribution in [0.15, 0.2) is 0 Å². The van der Waals surface area contributed by atoms with E-state index in [1.165, 1.54) is 25.7 Å². The average Bonchev–Trinajstić information content (AvgIpc) is 2.22. The van der Waals surface area contributed by atoms with E-state index in [0.717, 1.165) is 13.0 Å². The van der Waals surface area contributed by atoms with Crippen LogP contribution in [-0.4, -0.2) is 38.0 Å². The largest absolute Gasteiger partial charge is 0.395 e. The molecule has 3 nitrogen and oxygen atoms in total. The number of likely N-dealkylation sites (N-methyl/N-ethyl adjacent to an activating group) is 1. The average molecular weight is 203 g/mol. The van der Waals surface area contributed by atoms with Crippen molar-refractivity contribution in [2.24, 2.45) is 0 Å². The molecule has 0 bridgehead atoms. The van der Waals surface area contributed by atoms with Crippen molar-refractivity contribution < 1.29 is 9.84 Å². The molecule has 0 aliphatic heterocycles. The molecular weight excluding hydrogens is 178 g/mol. The number of ether oxygens (including phenoxy) is 1. The van der Waals surface area contributed by atoms with Crippen LogP contribution in [0.1, 0.15) is 39.0 Å². The summed E-state index contributed by atoms with van der Waals surface area (Å²) in [6.07, 6.45) is 6.33. The van der Waals surface area contributed by atoms with Gasteiger partial charge in [0, 0.05) is 6.61 Å². The van der Waals surface area contributed by atoms with Gasteiger partial charge in [0.1, 0.15) is 0 Å². The summed E-state index contributed by atoms with van der Waals surface area (Å²) in [6.45, 7) is 3.80. The summed E-state index contributed by atoms with van der Waals surface area (Å²) in [7, 11) is 1.84. The molecule has 0 radical (unpaired) electrons. The highest BCUT2D eigenvalue weighted by molar-refractivity contribution is 4.59. The summed E-state index contributed by atoms with van der Waals surface area (Å²) in [5, 5.41) is 11.8. The van der Waals surface area contributed by atoms with Crippen LogP contribution in [0.2, 0.25) is 0 Å². The first-order valence-corrected chi connectivity index (χ1v) is 5.71. The molecule has 0 saturated carbocycles. The first-order valence-electron chi connectivity index (χ1n) is 5.71. The van der Waals surface area contributed by atoms with Gasteiger partial charge >= 0.3 is 0 Å². The number of rotatable bonds is 10. The maximum atomic E-state index is 8.86. The lowest BCUT2D eigenvalue weighted by molar-refractivity contribution is 0.0887. The highest BCUT2D eigenvalue weighted by atomic mass is 16.5. The lowest BCUT2D eigenvalue weighted by atomic mass is 10.2. The van der Waals surface area contributed by atoms with Gasteiger partial charge in [-0.15, -0.1) is 0 Å². The van der Waals surface area contributed by atoms with Gasteiger partial charge in [-0.1, -0.05) is 32.6 Å². The summed E-state index contributed by atoms with van der Waals surface area (Å²) in [5.41, 5.74) is 0. The quantitative estimate of drug-likeness (QED) is 0.529. The standard InChI is InChI=1S/C11H25NO2/c1-3-4-5-6-7-8-14-10-11(9-13)12-2/h11-13H,3-10H2,1-2H3. The molecular formula is C11H25NO2. The predicted molar refractivity (Wildman–Crippen MR) is 59.5 cm³/mol. The molecule has 1 atom stereocenters. The SMILES string of the molecule is CCCCCCCOCC(CO)NC. The third kappa shape index (κ3) is 8.48. The maximum absolute atomic E-state index is 8.86. The van der Waals surface area contributed by atoms with Crippen molar-refractivity contribution >= 4 is 0 Å². The normalized spacial score (nSPS) is 13.1. The molecule has 0 aromatic heterocycles.